The van der Waals surface area contributed by atoms with E-state index >= 15 is 0 Å². The van der Waals surface area contributed by atoms with E-state index in [0.717, 1.165) is 18.4 Å². The number of nitrogens with zero attached hydrogens (tertiary/aromatic N) is 4. The number of aryl methyl sites for hydroxylation is 1. The van der Waals surface area contributed by atoms with Crippen molar-refractivity contribution in [3.05, 3.63) is 36.4 Å². The van der Waals surface area contributed by atoms with Crippen molar-refractivity contribution in [2.45, 2.75) is 23.9 Å². The summed E-state index contributed by atoms with van der Waals surface area (Å²) in [6.07, 6.45) is 1.62. The minimum atomic E-state index is -3.71. The molecule has 2 aromatic rings. The average Bonchev–Trinajstić information content (AvgIpc) is 3.26. The molecule has 0 N–H and O–H groups in total. The highest BCUT2D eigenvalue weighted by atomic mass is 32.2. The van der Waals surface area contributed by atoms with Crippen molar-refractivity contribution in [2.24, 2.45) is 7.05 Å². The molecule has 0 radical (unpaired) electrons. The summed E-state index contributed by atoms with van der Waals surface area (Å²) in [6.45, 7) is -0.126. The second-order valence-electron chi connectivity index (χ2n) is 5.30. The van der Waals surface area contributed by atoms with Gasteiger partial charge in [-0.15, -0.1) is 0 Å². The van der Waals surface area contributed by atoms with Gasteiger partial charge in [0, 0.05) is 24.7 Å². The lowest BCUT2D eigenvalue weighted by Crippen LogP contribution is -2.34. The maximum Gasteiger partial charge on any atom is 0.261 e. The van der Waals surface area contributed by atoms with E-state index in [1.54, 1.807) is 13.1 Å². The molecule has 114 valence electrons. The van der Waals surface area contributed by atoms with Gasteiger partial charge in [-0.3, -0.25) is 4.68 Å². The number of hydrogen-bond acceptors (Lipinski definition) is 4. The number of nitriles is 1. The van der Waals surface area contributed by atoms with Crippen LogP contribution in [0.2, 0.25) is 0 Å². The van der Waals surface area contributed by atoms with Crippen LogP contribution in [-0.4, -0.2) is 35.1 Å². The van der Waals surface area contributed by atoms with Gasteiger partial charge in [0.2, 0.25) is 0 Å². The number of hydrogen-bond donors (Lipinski definition) is 0. The Kier molecular flexibility index (Phi) is 3.72. The van der Waals surface area contributed by atoms with Gasteiger partial charge in [-0.25, -0.2) is 8.42 Å². The third-order valence-corrected chi connectivity index (χ3v) is 5.62. The van der Waals surface area contributed by atoms with E-state index in [9.17, 15) is 8.42 Å². The molecular formula is C15H16N4O2S. The summed E-state index contributed by atoms with van der Waals surface area (Å²) in [4.78, 5) is 0. The van der Waals surface area contributed by atoms with Gasteiger partial charge >= 0.3 is 0 Å². The molecule has 1 heterocycles. The molecule has 0 aliphatic heterocycles. The standard InChI is InChI=1S/C15H16N4O2S/c1-18-15(11-14(17-18)12-5-3-2-4-6-12)22(20,21)19(10-9-16)13-7-8-13/h2-6,11,13H,7-8,10H2,1H3. The van der Waals surface area contributed by atoms with Crippen molar-refractivity contribution in [1.29, 1.82) is 5.26 Å². The van der Waals surface area contributed by atoms with Crippen LogP contribution in [0.3, 0.4) is 0 Å². The third kappa shape index (κ3) is 2.63. The first-order valence-corrected chi connectivity index (χ1v) is 8.46. The lowest BCUT2D eigenvalue weighted by molar-refractivity contribution is 0.431. The third-order valence-electron chi connectivity index (χ3n) is 3.66. The maximum absolute atomic E-state index is 12.8. The Hall–Kier alpha value is -2.17. The van der Waals surface area contributed by atoms with Gasteiger partial charge in [0.1, 0.15) is 6.54 Å². The summed E-state index contributed by atoms with van der Waals surface area (Å²) in [6, 6.07) is 12.9. The number of sulfonamides is 1. The molecular weight excluding hydrogens is 300 g/mol. The Morgan fingerprint density at radius 3 is 2.64 bits per heavy atom. The van der Waals surface area contributed by atoms with Crippen LogP contribution in [0.15, 0.2) is 41.4 Å². The van der Waals surface area contributed by atoms with Gasteiger partial charge < -0.3 is 0 Å². The van der Waals surface area contributed by atoms with E-state index in [1.807, 2.05) is 36.4 Å². The van der Waals surface area contributed by atoms with Gasteiger partial charge in [0.25, 0.3) is 10.0 Å². The Morgan fingerprint density at radius 1 is 1.36 bits per heavy atom. The zero-order chi connectivity index (χ0) is 15.7. The monoisotopic (exact) mass is 316 g/mol. The molecule has 0 spiro atoms. The Bertz CT molecular complexity index is 817. The van der Waals surface area contributed by atoms with Crippen LogP contribution in [0.25, 0.3) is 11.3 Å². The number of aromatic nitrogens is 2. The largest absolute Gasteiger partial charge is 0.261 e. The van der Waals surface area contributed by atoms with Crippen LogP contribution in [-0.2, 0) is 17.1 Å². The second-order valence-corrected chi connectivity index (χ2v) is 7.13. The molecule has 22 heavy (non-hydrogen) atoms. The topological polar surface area (TPSA) is 79.0 Å². The fourth-order valence-corrected chi connectivity index (χ4v) is 4.11. The molecule has 0 unspecified atom stereocenters. The molecule has 3 rings (SSSR count). The summed E-state index contributed by atoms with van der Waals surface area (Å²) in [5.74, 6) is 0. The lowest BCUT2D eigenvalue weighted by atomic mass is 10.2. The van der Waals surface area contributed by atoms with Gasteiger partial charge in [-0.2, -0.15) is 14.7 Å². The summed E-state index contributed by atoms with van der Waals surface area (Å²) in [5.41, 5.74) is 1.46. The first-order chi connectivity index (χ1) is 10.5. The van der Waals surface area contributed by atoms with Gasteiger partial charge in [0.05, 0.1) is 11.8 Å². The van der Waals surface area contributed by atoms with Crippen molar-refractivity contribution < 1.29 is 8.42 Å². The Balaban J connectivity index is 2.01. The van der Waals surface area contributed by atoms with Crippen LogP contribution < -0.4 is 0 Å². The fourth-order valence-electron chi connectivity index (χ4n) is 2.40. The smallest absolute Gasteiger partial charge is 0.255 e. The average molecular weight is 316 g/mol. The van der Waals surface area contributed by atoms with E-state index < -0.39 is 10.0 Å². The SMILES string of the molecule is Cn1nc(-c2ccccc2)cc1S(=O)(=O)N(CC#N)C1CC1. The van der Waals surface area contributed by atoms with Gasteiger partial charge in [-0.1, -0.05) is 30.3 Å². The molecule has 7 heteroatoms. The molecule has 0 amide bonds. The molecule has 1 fully saturated rings. The van der Waals surface area contributed by atoms with Crippen LogP contribution in [0, 0.1) is 11.3 Å². The van der Waals surface area contributed by atoms with E-state index in [2.05, 4.69) is 5.10 Å². The zero-order valence-corrected chi connectivity index (χ0v) is 13.0. The molecule has 1 aliphatic rings. The summed E-state index contributed by atoms with van der Waals surface area (Å²) in [7, 11) is -2.10. The molecule has 1 saturated carbocycles. The summed E-state index contributed by atoms with van der Waals surface area (Å²) < 4.78 is 28.2. The van der Waals surface area contributed by atoms with Crippen LogP contribution in [0.1, 0.15) is 12.8 Å². The predicted octanol–water partition coefficient (Wildman–Crippen LogP) is 1.76. The van der Waals surface area contributed by atoms with E-state index in [4.69, 9.17) is 5.26 Å². The van der Waals surface area contributed by atoms with Crippen molar-refractivity contribution in [2.75, 3.05) is 6.54 Å². The molecule has 6 nitrogen and oxygen atoms in total. The minimum Gasteiger partial charge on any atom is -0.255 e. The predicted molar refractivity (Wildman–Crippen MR) is 81.2 cm³/mol. The quantitative estimate of drug-likeness (QED) is 0.787. The van der Waals surface area contributed by atoms with Crippen molar-refractivity contribution in [3.8, 4) is 17.3 Å². The first kappa shape index (κ1) is 14.8. The Morgan fingerprint density at radius 2 is 2.05 bits per heavy atom. The first-order valence-electron chi connectivity index (χ1n) is 7.02. The van der Waals surface area contributed by atoms with Crippen molar-refractivity contribution >= 4 is 10.0 Å². The number of benzene rings is 1. The normalized spacial score (nSPS) is 15.0. The van der Waals surface area contributed by atoms with E-state index in [-0.39, 0.29) is 17.6 Å². The van der Waals surface area contributed by atoms with Crippen molar-refractivity contribution in [3.63, 3.8) is 0 Å². The van der Waals surface area contributed by atoms with Crippen LogP contribution in [0.5, 0.6) is 0 Å². The van der Waals surface area contributed by atoms with E-state index in [0.29, 0.717) is 5.69 Å². The van der Waals surface area contributed by atoms with Crippen LogP contribution >= 0.6 is 0 Å². The lowest BCUT2D eigenvalue weighted by Gasteiger charge is -2.18. The zero-order valence-electron chi connectivity index (χ0n) is 12.2. The highest BCUT2D eigenvalue weighted by Gasteiger charge is 2.39. The fraction of sp³-hybridized carbons (Fsp3) is 0.333. The van der Waals surface area contributed by atoms with E-state index in [1.165, 1.54) is 8.99 Å². The van der Waals surface area contributed by atoms with Crippen LogP contribution in [0.4, 0.5) is 0 Å². The van der Waals surface area contributed by atoms with Gasteiger partial charge in [0.15, 0.2) is 5.03 Å². The molecule has 0 bridgehead atoms. The molecule has 1 aromatic carbocycles. The summed E-state index contributed by atoms with van der Waals surface area (Å²) >= 11 is 0. The maximum atomic E-state index is 12.8. The molecule has 0 atom stereocenters. The highest BCUT2D eigenvalue weighted by molar-refractivity contribution is 7.89. The summed E-state index contributed by atoms with van der Waals surface area (Å²) in [5, 5.41) is 13.3. The second kappa shape index (κ2) is 5.55. The van der Waals surface area contributed by atoms with Gasteiger partial charge in [-0.05, 0) is 12.8 Å². The molecule has 1 aliphatic carbocycles. The highest BCUT2D eigenvalue weighted by Crippen LogP contribution is 2.32. The minimum absolute atomic E-state index is 0.0558. The number of rotatable bonds is 5. The Labute approximate surface area is 129 Å². The van der Waals surface area contributed by atoms with Crippen molar-refractivity contribution in [1.82, 2.24) is 14.1 Å². The molecule has 1 aromatic heterocycles. The molecule has 0 saturated heterocycles.